The van der Waals surface area contributed by atoms with Gasteiger partial charge in [0.15, 0.2) is 0 Å². The Morgan fingerprint density at radius 3 is 2.56 bits per heavy atom. The van der Waals surface area contributed by atoms with Crippen LogP contribution in [-0.2, 0) is 11.8 Å². The van der Waals surface area contributed by atoms with Crippen molar-refractivity contribution in [3.8, 4) is 0 Å². The van der Waals surface area contributed by atoms with E-state index in [0.717, 1.165) is 0 Å². The highest BCUT2D eigenvalue weighted by Crippen LogP contribution is 2.18. The van der Waals surface area contributed by atoms with Gasteiger partial charge in [-0.25, -0.2) is 0 Å². The maximum Gasteiger partial charge on any atom is 0.256 e. The molecule has 1 aromatic rings. The molecule has 100 valence electrons. The summed E-state index contributed by atoms with van der Waals surface area (Å²) in [6, 6.07) is -0.617. The van der Waals surface area contributed by atoms with Crippen molar-refractivity contribution in [3.05, 3.63) is 16.4 Å². The zero-order valence-electron chi connectivity index (χ0n) is 10.9. The first kappa shape index (κ1) is 14.5. The van der Waals surface area contributed by atoms with E-state index in [1.807, 2.05) is 6.92 Å². The standard InChI is InChI=1S/C11H17ClN4O2/c1-5-13-10(17)7(3)14-11(18)8-6(2)15-16(4)9(8)12/h7H,5H2,1-4H3,(H,13,17)(H,14,18). The van der Waals surface area contributed by atoms with Crippen molar-refractivity contribution in [1.29, 1.82) is 0 Å². The smallest absolute Gasteiger partial charge is 0.256 e. The van der Waals surface area contributed by atoms with Gasteiger partial charge in [-0.05, 0) is 20.8 Å². The molecule has 0 aromatic carbocycles. The second-order valence-electron chi connectivity index (χ2n) is 3.96. The monoisotopic (exact) mass is 272 g/mol. The molecular formula is C11H17ClN4O2. The second-order valence-corrected chi connectivity index (χ2v) is 4.32. The van der Waals surface area contributed by atoms with Crippen molar-refractivity contribution >= 4 is 23.4 Å². The number of aryl methyl sites for hydroxylation is 2. The van der Waals surface area contributed by atoms with Crippen molar-refractivity contribution in [2.24, 2.45) is 7.05 Å². The Labute approximate surface area is 111 Å². The molecule has 0 aliphatic heterocycles. The molecule has 0 spiro atoms. The van der Waals surface area contributed by atoms with Gasteiger partial charge in [-0.15, -0.1) is 0 Å². The van der Waals surface area contributed by atoms with E-state index in [-0.39, 0.29) is 11.1 Å². The van der Waals surface area contributed by atoms with Gasteiger partial charge in [0, 0.05) is 13.6 Å². The first-order valence-electron chi connectivity index (χ1n) is 5.66. The lowest BCUT2D eigenvalue weighted by molar-refractivity contribution is -0.122. The Morgan fingerprint density at radius 2 is 2.11 bits per heavy atom. The summed E-state index contributed by atoms with van der Waals surface area (Å²) in [7, 11) is 1.65. The quantitative estimate of drug-likeness (QED) is 0.844. The average molecular weight is 273 g/mol. The van der Waals surface area contributed by atoms with Gasteiger partial charge in [0.2, 0.25) is 5.91 Å². The number of likely N-dealkylation sites (N-methyl/N-ethyl adjacent to an activating group) is 1. The lowest BCUT2D eigenvalue weighted by Gasteiger charge is -2.13. The molecule has 0 aliphatic carbocycles. The molecule has 2 amide bonds. The van der Waals surface area contributed by atoms with Crippen LogP contribution in [0.5, 0.6) is 0 Å². The first-order chi connectivity index (χ1) is 8.38. The SMILES string of the molecule is CCNC(=O)C(C)NC(=O)c1c(C)nn(C)c1Cl. The molecule has 1 rings (SSSR count). The second kappa shape index (κ2) is 5.86. The van der Waals surface area contributed by atoms with Crippen LogP contribution >= 0.6 is 11.6 Å². The van der Waals surface area contributed by atoms with Crippen molar-refractivity contribution < 1.29 is 9.59 Å². The third kappa shape index (κ3) is 3.01. The fourth-order valence-electron chi connectivity index (χ4n) is 1.55. The predicted octanol–water partition coefficient (Wildman–Crippen LogP) is 0.636. The maximum absolute atomic E-state index is 12.0. The van der Waals surface area contributed by atoms with Crippen LogP contribution in [0.3, 0.4) is 0 Å². The summed E-state index contributed by atoms with van der Waals surface area (Å²) in [5.74, 6) is -0.632. The minimum atomic E-state index is -0.617. The van der Waals surface area contributed by atoms with Crippen LogP contribution in [-0.4, -0.2) is 34.2 Å². The highest BCUT2D eigenvalue weighted by molar-refractivity contribution is 6.33. The molecule has 1 atom stereocenters. The van der Waals surface area contributed by atoms with E-state index in [9.17, 15) is 9.59 Å². The van der Waals surface area contributed by atoms with E-state index < -0.39 is 11.9 Å². The summed E-state index contributed by atoms with van der Waals surface area (Å²) in [4.78, 5) is 23.5. The summed E-state index contributed by atoms with van der Waals surface area (Å²) in [5, 5.41) is 9.52. The number of nitrogens with one attached hydrogen (secondary N) is 2. The van der Waals surface area contributed by atoms with Gasteiger partial charge >= 0.3 is 0 Å². The minimum Gasteiger partial charge on any atom is -0.355 e. The lowest BCUT2D eigenvalue weighted by atomic mass is 10.2. The number of nitrogens with zero attached hydrogens (tertiary/aromatic N) is 2. The molecule has 1 aromatic heterocycles. The van der Waals surface area contributed by atoms with E-state index in [4.69, 9.17) is 11.6 Å². The van der Waals surface area contributed by atoms with Crippen molar-refractivity contribution in [2.45, 2.75) is 26.8 Å². The fourth-order valence-corrected chi connectivity index (χ4v) is 1.81. The molecule has 0 aliphatic rings. The van der Waals surface area contributed by atoms with Crippen LogP contribution < -0.4 is 10.6 Å². The molecule has 0 fully saturated rings. The number of hydrogen-bond donors (Lipinski definition) is 2. The number of amides is 2. The lowest BCUT2D eigenvalue weighted by Crippen LogP contribution is -2.44. The van der Waals surface area contributed by atoms with Crippen LogP contribution in [0.25, 0.3) is 0 Å². The summed E-state index contributed by atoms with van der Waals surface area (Å²) < 4.78 is 1.42. The van der Waals surface area contributed by atoms with Crippen molar-refractivity contribution in [1.82, 2.24) is 20.4 Å². The molecule has 7 heteroatoms. The molecule has 0 saturated heterocycles. The molecule has 1 heterocycles. The summed E-state index contributed by atoms with van der Waals surface area (Å²) in [6.45, 7) is 5.64. The zero-order valence-corrected chi connectivity index (χ0v) is 11.6. The Bertz CT molecular complexity index is 470. The minimum absolute atomic E-state index is 0.233. The molecule has 0 radical (unpaired) electrons. The third-order valence-corrected chi connectivity index (χ3v) is 2.90. The Morgan fingerprint density at radius 1 is 1.50 bits per heavy atom. The highest BCUT2D eigenvalue weighted by atomic mass is 35.5. The van der Waals surface area contributed by atoms with Gasteiger partial charge in [-0.2, -0.15) is 5.10 Å². The van der Waals surface area contributed by atoms with Gasteiger partial charge < -0.3 is 10.6 Å². The Hall–Kier alpha value is -1.56. The van der Waals surface area contributed by atoms with Gasteiger partial charge in [0.05, 0.1) is 11.3 Å². The molecule has 6 nitrogen and oxygen atoms in total. The Kier molecular flexibility index (Phi) is 4.72. The van der Waals surface area contributed by atoms with E-state index >= 15 is 0 Å². The summed E-state index contributed by atoms with van der Waals surface area (Å²) >= 11 is 5.97. The van der Waals surface area contributed by atoms with Gasteiger partial charge in [0.1, 0.15) is 11.2 Å². The van der Waals surface area contributed by atoms with Crippen LogP contribution in [0.15, 0.2) is 0 Å². The maximum atomic E-state index is 12.0. The van der Waals surface area contributed by atoms with Crippen LogP contribution in [0, 0.1) is 6.92 Å². The topological polar surface area (TPSA) is 76.0 Å². The van der Waals surface area contributed by atoms with Gasteiger partial charge in [-0.3, -0.25) is 14.3 Å². The van der Waals surface area contributed by atoms with E-state index in [0.29, 0.717) is 17.8 Å². The van der Waals surface area contributed by atoms with E-state index in [1.165, 1.54) is 4.68 Å². The number of hydrogen-bond acceptors (Lipinski definition) is 3. The molecule has 2 N–H and O–H groups in total. The van der Waals surface area contributed by atoms with Gasteiger partial charge in [0.25, 0.3) is 5.91 Å². The number of aromatic nitrogens is 2. The zero-order chi connectivity index (χ0) is 13.9. The normalized spacial score (nSPS) is 12.1. The van der Waals surface area contributed by atoms with Crippen molar-refractivity contribution in [3.63, 3.8) is 0 Å². The number of rotatable bonds is 4. The molecule has 0 bridgehead atoms. The average Bonchev–Trinajstić information content (AvgIpc) is 2.53. The van der Waals surface area contributed by atoms with Crippen molar-refractivity contribution in [2.75, 3.05) is 6.54 Å². The van der Waals surface area contributed by atoms with E-state index in [1.54, 1.807) is 20.9 Å². The van der Waals surface area contributed by atoms with E-state index in [2.05, 4.69) is 15.7 Å². The first-order valence-corrected chi connectivity index (χ1v) is 6.03. The number of halogens is 1. The molecular weight excluding hydrogens is 256 g/mol. The summed E-state index contributed by atoms with van der Waals surface area (Å²) in [6.07, 6.45) is 0. The Balaban J connectivity index is 2.80. The summed E-state index contributed by atoms with van der Waals surface area (Å²) in [5.41, 5.74) is 0.832. The fraction of sp³-hybridized carbons (Fsp3) is 0.545. The third-order valence-electron chi connectivity index (χ3n) is 2.47. The molecule has 0 saturated carbocycles. The van der Waals surface area contributed by atoms with Crippen LogP contribution in [0.4, 0.5) is 0 Å². The highest BCUT2D eigenvalue weighted by Gasteiger charge is 2.22. The molecule has 1 unspecified atom stereocenters. The van der Waals surface area contributed by atoms with Crippen LogP contribution in [0.1, 0.15) is 29.9 Å². The number of carbonyl (C=O) groups excluding carboxylic acids is 2. The molecule has 18 heavy (non-hydrogen) atoms. The predicted molar refractivity (Wildman–Crippen MR) is 68.6 cm³/mol. The number of carbonyl (C=O) groups is 2. The van der Waals surface area contributed by atoms with Gasteiger partial charge in [-0.1, -0.05) is 11.6 Å². The van der Waals surface area contributed by atoms with Crippen LogP contribution in [0.2, 0.25) is 5.15 Å². The largest absolute Gasteiger partial charge is 0.355 e.